The first kappa shape index (κ1) is 14.3. The summed E-state index contributed by atoms with van der Waals surface area (Å²) in [5.74, 6) is 0.348. The van der Waals surface area contributed by atoms with Gasteiger partial charge in [-0.05, 0) is 19.1 Å². The highest BCUT2D eigenvalue weighted by molar-refractivity contribution is 6.24. The summed E-state index contributed by atoms with van der Waals surface area (Å²) in [6.07, 6.45) is 4.19. The second-order valence-corrected chi connectivity index (χ2v) is 3.47. The Balaban J connectivity index is 2.65. The molecule has 0 atom stereocenters. The third kappa shape index (κ3) is 5.01. The zero-order valence-corrected chi connectivity index (χ0v) is 10.8. The molecule has 0 amide bonds. The number of para-hydroxylation sites is 1. The monoisotopic (exact) mass is 267 g/mol. The lowest BCUT2D eigenvalue weighted by molar-refractivity contribution is -0.137. The number of carbonyl (C=O) groups excluding carboxylic acids is 1. The van der Waals surface area contributed by atoms with Crippen LogP contribution in [0.3, 0.4) is 0 Å². The highest BCUT2D eigenvalue weighted by atomic mass is 35.5. The van der Waals surface area contributed by atoms with Gasteiger partial charge in [-0.15, -0.1) is 11.6 Å². The van der Waals surface area contributed by atoms with Gasteiger partial charge in [0, 0.05) is 11.6 Å². The molecule has 0 unspecified atom stereocenters. The van der Waals surface area contributed by atoms with Crippen molar-refractivity contribution in [2.24, 2.45) is 5.16 Å². The zero-order chi connectivity index (χ0) is 13.2. The fourth-order valence-electron chi connectivity index (χ4n) is 1.21. The molecule has 18 heavy (non-hydrogen) atoms. The molecule has 0 aliphatic heterocycles. The normalized spacial score (nSPS) is 11.0. The van der Waals surface area contributed by atoms with Crippen LogP contribution in [0.1, 0.15) is 12.5 Å². The molecule has 4 nitrogen and oxygen atoms in total. The Kier molecular flexibility index (Phi) is 6.58. The van der Waals surface area contributed by atoms with Crippen LogP contribution in [0.4, 0.5) is 0 Å². The second-order valence-electron chi connectivity index (χ2n) is 3.16. The molecule has 0 fully saturated rings. The molecular weight excluding hydrogens is 254 g/mol. The maximum atomic E-state index is 11.3. The standard InChI is InChI=1S/C13H14ClNO3/c1-2-17-12-6-4-3-5-11(12)7-8-13(16)18-15-10-9-14/h3-8,10H,2,9H2,1H3/b8-7+,15-10+. The van der Waals surface area contributed by atoms with Crippen molar-refractivity contribution >= 4 is 29.9 Å². The molecule has 0 spiro atoms. The third-order valence-corrected chi connectivity index (χ3v) is 2.04. The summed E-state index contributed by atoms with van der Waals surface area (Å²) in [7, 11) is 0. The topological polar surface area (TPSA) is 47.9 Å². The highest BCUT2D eigenvalue weighted by Gasteiger charge is 2.00. The van der Waals surface area contributed by atoms with Crippen LogP contribution in [0.2, 0.25) is 0 Å². The van der Waals surface area contributed by atoms with Gasteiger partial charge in [0.1, 0.15) is 5.75 Å². The first-order chi connectivity index (χ1) is 8.77. The van der Waals surface area contributed by atoms with Gasteiger partial charge in [0.15, 0.2) is 0 Å². The quantitative estimate of drug-likeness (QED) is 0.262. The molecule has 1 aromatic rings. The zero-order valence-electron chi connectivity index (χ0n) is 10.0. The minimum atomic E-state index is -0.567. The number of rotatable bonds is 6. The van der Waals surface area contributed by atoms with Crippen LogP contribution < -0.4 is 4.74 Å². The van der Waals surface area contributed by atoms with Gasteiger partial charge >= 0.3 is 5.97 Å². The van der Waals surface area contributed by atoms with E-state index < -0.39 is 5.97 Å². The predicted molar refractivity (Wildman–Crippen MR) is 71.9 cm³/mol. The number of hydrogen-bond acceptors (Lipinski definition) is 4. The molecule has 0 aliphatic rings. The smallest absolute Gasteiger partial charge is 0.358 e. The fraction of sp³-hybridized carbons (Fsp3) is 0.231. The van der Waals surface area contributed by atoms with Crippen molar-refractivity contribution in [3.05, 3.63) is 35.9 Å². The molecule has 0 saturated carbocycles. The van der Waals surface area contributed by atoms with Gasteiger partial charge in [0.25, 0.3) is 0 Å². The van der Waals surface area contributed by atoms with E-state index in [-0.39, 0.29) is 5.88 Å². The van der Waals surface area contributed by atoms with Crippen LogP contribution >= 0.6 is 11.6 Å². The summed E-state index contributed by atoms with van der Waals surface area (Å²) in [6.45, 7) is 2.46. The summed E-state index contributed by atoms with van der Waals surface area (Å²) in [5.41, 5.74) is 0.803. The van der Waals surface area contributed by atoms with Gasteiger partial charge in [-0.3, -0.25) is 0 Å². The molecular formula is C13H14ClNO3. The van der Waals surface area contributed by atoms with Crippen LogP contribution in [-0.2, 0) is 9.63 Å². The molecule has 0 radical (unpaired) electrons. The highest BCUT2D eigenvalue weighted by Crippen LogP contribution is 2.19. The van der Waals surface area contributed by atoms with E-state index in [1.165, 1.54) is 12.3 Å². The van der Waals surface area contributed by atoms with E-state index in [1.54, 1.807) is 6.08 Å². The van der Waals surface area contributed by atoms with E-state index >= 15 is 0 Å². The van der Waals surface area contributed by atoms with Crippen molar-refractivity contribution < 1.29 is 14.4 Å². The van der Waals surface area contributed by atoms with E-state index in [0.717, 1.165) is 5.56 Å². The van der Waals surface area contributed by atoms with Crippen molar-refractivity contribution in [2.75, 3.05) is 12.5 Å². The number of alkyl halides is 1. The molecule has 0 aliphatic carbocycles. The lowest BCUT2D eigenvalue weighted by Crippen LogP contribution is -1.96. The van der Waals surface area contributed by atoms with Gasteiger partial charge in [-0.2, -0.15) is 0 Å². The first-order valence-corrected chi connectivity index (χ1v) is 6.00. The molecule has 0 bridgehead atoms. The summed E-state index contributed by atoms with van der Waals surface area (Å²) in [6, 6.07) is 7.40. The molecule has 0 N–H and O–H groups in total. The largest absolute Gasteiger partial charge is 0.493 e. The Morgan fingerprint density at radius 2 is 2.22 bits per heavy atom. The van der Waals surface area contributed by atoms with E-state index in [2.05, 4.69) is 9.99 Å². The van der Waals surface area contributed by atoms with Crippen molar-refractivity contribution in [1.29, 1.82) is 0 Å². The maximum absolute atomic E-state index is 11.3. The fourth-order valence-corrected chi connectivity index (χ4v) is 1.27. The van der Waals surface area contributed by atoms with Gasteiger partial charge < -0.3 is 9.57 Å². The summed E-state index contributed by atoms with van der Waals surface area (Å²) in [4.78, 5) is 15.8. The molecule has 96 valence electrons. The number of hydrogen-bond donors (Lipinski definition) is 0. The van der Waals surface area contributed by atoms with E-state index in [4.69, 9.17) is 16.3 Å². The minimum absolute atomic E-state index is 0.199. The van der Waals surface area contributed by atoms with Crippen LogP contribution in [0.15, 0.2) is 35.5 Å². The van der Waals surface area contributed by atoms with Gasteiger partial charge in [-0.25, -0.2) is 4.79 Å². The third-order valence-electron chi connectivity index (χ3n) is 1.90. The molecule has 5 heteroatoms. The van der Waals surface area contributed by atoms with Crippen LogP contribution in [0.5, 0.6) is 5.75 Å². The number of ether oxygens (including phenoxy) is 1. The predicted octanol–water partition coefficient (Wildman–Crippen LogP) is 2.87. The lowest BCUT2D eigenvalue weighted by Gasteiger charge is -2.05. The van der Waals surface area contributed by atoms with Gasteiger partial charge in [-0.1, -0.05) is 23.4 Å². The maximum Gasteiger partial charge on any atom is 0.358 e. The summed E-state index contributed by atoms with van der Waals surface area (Å²) >= 11 is 5.34. The summed E-state index contributed by atoms with van der Waals surface area (Å²) < 4.78 is 5.42. The number of halogens is 1. The Morgan fingerprint density at radius 3 is 2.94 bits per heavy atom. The number of carbonyl (C=O) groups is 1. The average Bonchev–Trinajstić information content (AvgIpc) is 2.38. The van der Waals surface area contributed by atoms with Crippen molar-refractivity contribution in [3.63, 3.8) is 0 Å². The van der Waals surface area contributed by atoms with Crippen LogP contribution in [0.25, 0.3) is 6.08 Å². The molecule has 0 aromatic heterocycles. The minimum Gasteiger partial charge on any atom is -0.493 e. The number of benzene rings is 1. The molecule has 0 saturated heterocycles. The number of nitrogens with zero attached hydrogens (tertiary/aromatic N) is 1. The van der Waals surface area contributed by atoms with Crippen LogP contribution in [0, 0.1) is 0 Å². The first-order valence-electron chi connectivity index (χ1n) is 5.46. The van der Waals surface area contributed by atoms with Gasteiger partial charge in [0.2, 0.25) is 0 Å². The Hall–Kier alpha value is -1.81. The number of oxime groups is 1. The lowest BCUT2D eigenvalue weighted by atomic mass is 10.2. The van der Waals surface area contributed by atoms with Crippen molar-refractivity contribution in [3.8, 4) is 5.75 Å². The van der Waals surface area contributed by atoms with Gasteiger partial charge in [0.05, 0.1) is 18.7 Å². The SMILES string of the molecule is CCOc1ccccc1/C=C/C(=O)O/N=C/CCl. The van der Waals surface area contributed by atoms with Crippen molar-refractivity contribution in [1.82, 2.24) is 0 Å². The van der Waals surface area contributed by atoms with Crippen molar-refractivity contribution in [2.45, 2.75) is 6.92 Å². The van der Waals surface area contributed by atoms with E-state index in [9.17, 15) is 4.79 Å². The second kappa shape index (κ2) is 8.31. The molecule has 0 heterocycles. The molecule has 1 rings (SSSR count). The molecule has 1 aromatic carbocycles. The summed E-state index contributed by atoms with van der Waals surface area (Å²) in [5, 5.41) is 3.37. The Morgan fingerprint density at radius 1 is 1.44 bits per heavy atom. The van der Waals surface area contributed by atoms with E-state index in [1.807, 2.05) is 31.2 Å². The van der Waals surface area contributed by atoms with Crippen LogP contribution in [-0.4, -0.2) is 24.7 Å². The Labute approximate surface area is 111 Å². The average molecular weight is 268 g/mol. The Bertz CT molecular complexity index is 444. The van der Waals surface area contributed by atoms with E-state index in [0.29, 0.717) is 12.4 Å².